The molecule has 0 radical (unpaired) electrons. The van der Waals surface area contributed by atoms with Crippen molar-refractivity contribution in [2.45, 2.75) is 50.7 Å². The maximum absolute atomic E-state index is 14.5. The minimum absolute atomic E-state index is 0.194. The van der Waals surface area contributed by atoms with Gasteiger partial charge >= 0.3 is 0 Å². The normalized spacial score (nSPS) is 24.3. The van der Waals surface area contributed by atoms with Crippen molar-refractivity contribution in [2.24, 2.45) is 0 Å². The lowest BCUT2D eigenvalue weighted by atomic mass is 9.98. The van der Waals surface area contributed by atoms with E-state index in [2.05, 4.69) is 14.8 Å². The fourth-order valence-corrected chi connectivity index (χ4v) is 4.86. The van der Waals surface area contributed by atoms with E-state index in [1.54, 1.807) is 7.11 Å². The lowest BCUT2D eigenvalue weighted by molar-refractivity contribution is 0.164. The average molecular weight is 368 g/mol. The molecule has 0 unspecified atom stereocenters. The molecular weight excluding hydrogens is 343 g/mol. The molecule has 6 heteroatoms. The van der Waals surface area contributed by atoms with E-state index in [-0.39, 0.29) is 5.82 Å². The number of methoxy groups -OCH3 is 1. The smallest absolute Gasteiger partial charge is 0.225 e. The van der Waals surface area contributed by atoms with E-state index in [1.165, 1.54) is 30.2 Å². The molecule has 0 N–H and O–H groups in total. The lowest BCUT2D eigenvalue weighted by Crippen LogP contribution is -2.38. The van der Waals surface area contributed by atoms with Gasteiger partial charge in [0.15, 0.2) is 0 Å². The third-order valence-corrected chi connectivity index (χ3v) is 6.32. The molecule has 0 spiro atoms. The second-order valence-corrected chi connectivity index (χ2v) is 7.85. The standard InChI is InChI=1S/C21H25FN4O/c1-27-16-6-4-14(18(22)11-16)13-26-15-5-7-20(26)17-12-23-21(24-19(17)10-15)25-8-2-3-9-25/h4,6,11-12,15,20H,2-3,5,7-10,13H2,1H3/t15-,20-/m1/s1. The van der Waals surface area contributed by atoms with Crippen LogP contribution in [0.4, 0.5) is 10.3 Å². The van der Waals surface area contributed by atoms with Crippen molar-refractivity contribution in [2.75, 3.05) is 25.1 Å². The van der Waals surface area contributed by atoms with Gasteiger partial charge in [-0.05, 0) is 31.7 Å². The first kappa shape index (κ1) is 16.9. The van der Waals surface area contributed by atoms with Crippen LogP contribution in [0, 0.1) is 5.82 Å². The first-order valence-corrected chi connectivity index (χ1v) is 9.92. The predicted molar refractivity (Wildman–Crippen MR) is 101 cm³/mol. The first-order chi connectivity index (χ1) is 13.2. The fourth-order valence-electron chi connectivity index (χ4n) is 4.86. The fraction of sp³-hybridized carbons (Fsp3) is 0.524. The van der Waals surface area contributed by atoms with Crippen LogP contribution in [0.3, 0.4) is 0 Å². The highest BCUT2D eigenvalue weighted by atomic mass is 19.1. The quantitative estimate of drug-likeness (QED) is 0.826. The van der Waals surface area contributed by atoms with Crippen LogP contribution >= 0.6 is 0 Å². The van der Waals surface area contributed by atoms with Gasteiger partial charge < -0.3 is 9.64 Å². The molecule has 1 aromatic heterocycles. The minimum atomic E-state index is -0.194. The summed E-state index contributed by atoms with van der Waals surface area (Å²) in [6.45, 7) is 2.75. The molecular formula is C21H25FN4O. The molecule has 2 aromatic rings. The largest absolute Gasteiger partial charge is 0.497 e. The minimum Gasteiger partial charge on any atom is -0.497 e. The summed E-state index contributed by atoms with van der Waals surface area (Å²) in [5, 5.41) is 0. The zero-order valence-corrected chi connectivity index (χ0v) is 15.7. The average Bonchev–Trinajstić information content (AvgIpc) is 3.31. The van der Waals surface area contributed by atoms with Crippen LogP contribution in [0.2, 0.25) is 0 Å². The molecule has 5 rings (SSSR count). The summed E-state index contributed by atoms with van der Waals surface area (Å²) < 4.78 is 19.6. The topological polar surface area (TPSA) is 41.5 Å². The van der Waals surface area contributed by atoms with Gasteiger partial charge in [0, 0.05) is 61.5 Å². The Bertz CT molecular complexity index is 852. The number of fused-ring (bicyclic) bond motifs is 4. The van der Waals surface area contributed by atoms with Crippen LogP contribution < -0.4 is 9.64 Å². The number of hydrogen-bond acceptors (Lipinski definition) is 5. The van der Waals surface area contributed by atoms with Crippen molar-refractivity contribution in [1.29, 1.82) is 0 Å². The summed E-state index contributed by atoms with van der Waals surface area (Å²) in [5.74, 6) is 1.26. The molecule has 0 aliphatic carbocycles. The van der Waals surface area contributed by atoms with E-state index in [1.807, 2.05) is 18.3 Å². The van der Waals surface area contributed by atoms with Crippen LogP contribution in [0.25, 0.3) is 0 Å². The Morgan fingerprint density at radius 2 is 2.07 bits per heavy atom. The van der Waals surface area contributed by atoms with E-state index >= 15 is 0 Å². The highest BCUT2D eigenvalue weighted by molar-refractivity contribution is 5.38. The summed E-state index contributed by atoms with van der Waals surface area (Å²) >= 11 is 0. The van der Waals surface area contributed by atoms with E-state index < -0.39 is 0 Å². The molecule has 3 aliphatic heterocycles. The van der Waals surface area contributed by atoms with E-state index in [0.29, 0.717) is 24.4 Å². The van der Waals surface area contributed by atoms with Crippen molar-refractivity contribution in [3.05, 3.63) is 47.0 Å². The molecule has 2 bridgehead atoms. The van der Waals surface area contributed by atoms with Gasteiger partial charge in [0.05, 0.1) is 12.8 Å². The Morgan fingerprint density at radius 3 is 2.85 bits per heavy atom. The van der Waals surface area contributed by atoms with Crippen molar-refractivity contribution in [3.8, 4) is 5.75 Å². The van der Waals surface area contributed by atoms with E-state index in [4.69, 9.17) is 9.72 Å². The third-order valence-electron chi connectivity index (χ3n) is 6.32. The predicted octanol–water partition coefficient (Wildman–Crippen LogP) is 3.49. The molecule has 5 nitrogen and oxygen atoms in total. The molecule has 3 aliphatic rings. The van der Waals surface area contributed by atoms with Gasteiger partial charge in [0.1, 0.15) is 11.6 Å². The molecule has 2 fully saturated rings. The van der Waals surface area contributed by atoms with Crippen molar-refractivity contribution < 1.29 is 9.13 Å². The summed E-state index contributed by atoms with van der Waals surface area (Å²) in [4.78, 5) is 14.3. The number of halogens is 1. The zero-order chi connectivity index (χ0) is 18.4. The first-order valence-electron chi connectivity index (χ1n) is 9.92. The monoisotopic (exact) mass is 368 g/mol. The van der Waals surface area contributed by atoms with E-state index in [9.17, 15) is 4.39 Å². The second kappa shape index (κ2) is 6.75. The number of ether oxygens (including phenoxy) is 1. The van der Waals surface area contributed by atoms with Crippen molar-refractivity contribution >= 4 is 5.95 Å². The Hall–Kier alpha value is -2.21. The Morgan fingerprint density at radius 1 is 1.22 bits per heavy atom. The summed E-state index contributed by atoms with van der Waals surface area (Å²) in [6, 6.07) is 5.89. The number of rotatable bonds is 4. The van der Waals surface area contributed by atoms with Crippen LogP contribution in [-0.4, -0.2) is 41.1 Å². The molecule has 0 amide bonds. The molecule has 27 heavy (non-hydrogen) atoms. The number of aromatic nitrogens is 2. The maximum atomic E-state index is 14.5. The van der Waals surface area contributed by atoms with Crippen LogP contribution in [0.15, 0.2) is 24.4 Å². The van der Waals surface area contributed by atoms with Gasteiger partial charge in [0.2, 0.25) is 5.95 Å². The van der Waals surface area contributed by atoms with Crippen LogP contribution in [0.5, 0.6) is 5.75 Å². The second-order valence-electron chi connectivity index (χ2n) is 7.85. The van der Waals surface area contributed by atoms with Gasteiger partial charge in [-0.2, -0.15) is 0 Å². The third kappa shape index (κ3) is 2.96. The van der Waals surface area contributed by atoms with Crippen molar-refractivity contribution in [1.82, 2.24) is 14.9 Å². The lowest BCUT2D eigenvalue weighted by Gasteiger charge is -2.36. The molecule has 4 heterocycles. The van der Waals surface area contributed by atoms with Gasteiger partial charge in [-0.15, -0.1) is 0 Å². The maximum Gasteiger partial charge on any atom is 0.225 e. The summed E-state index contributed by atoms with van der Waals surface area (Å²) in [6.07, 6.45) is 7.66. The highest BCUT2D eigenvalue weighted by Crippen LogP contribution is 2.44. The van der Waals surface area contributed by atoms with Crippen LogP contribution in [-0.2, 0) is 13.0 Å². The number of anilines is 1. The van der Waals surface area contributed by atoms with E-state index in [0.717, 1.165) is 43.9 Å². The Balaban J connectivity index is 1.40. The summed E-state index contributed by atoms with van der Waals surface area (Å²) in [7, 11) is 1.56. The number of benzene rings is 1. The highest BCUT2D eigenvalue weighted by Gasteiger charge is 2.41. The molecule has 1 aromatic carbocycles. The number of nitrogens with zero attached hydrogens (tertiary/aromatic N) is 4. The van der Waals surface area contributed by atoms with Crippen LogP contribution in [0.1, 0.15) is 48.5 Å². The molecule has 2 saturated heterocycles. The number of hydrogen-bond donors (Lipinski definition) is 0. The molecule has 142 valence electrons. The van der Waals surface area contributed by atoms with Gasteiger partial charge in [-0.3, -0.25) is 4.90 Å². The zero-order valence-electron chi connectivity index (χ0n) is 15.7. The molecule has 2 atom stereocenters. The van der Waals surface area contributed by atoms with Crippen molar-refractivity contribution in [3.63, 3.8) is 0 Å². The Kier molecular flexibility index (Phi) is 4.23. The SMILES string of the molecule is COc1ccc(CN2[C@@H]3CC[C@@H]2c2cnc(N4CCCC4)nc2C3)c(F)c1. The Labute approximate surface area is 159 Å². The van der Waals surface area contributed by atoms with Gasteiger partial charge in [0.25, 0.3) is 0 Å². The van der Waals surface area contributed by atoms with Gasteiger partial charge in [-0.25, -0.2) is 14.4 Å². The van der Waals surface area contributed by atoms with Gasteiger partial charge in [-0.1, -0.05) is 6.07 Å². The summed E-state index contributed by atoms with van der Waals surface area (Å²) in [5.41, 5.74) is 3.16. The molecule has 0 saturated carbocycles.